The fraction of sp³-hybridized carbons (Fsp3) is 1.00. The van der Waals surface area contributed by atoms with Gasteiger partial charge in [0.05, 0.1) is 6.10 Å². The summed E-state index contributed by atoms with van der Waals surface area (Å²) in [6, 6.07) is 0. The Balaban J connectivity index is 1.64. The molecule has 1 N–H and O–H groups in total. The third-order valence-corrected chi connectivity index (χ3v) is 5.06. The van der Waals surface area contributed by atoms with Gasteiger partial charge in [-0.25, -0.2) is 0 Å². The molecule has 3 unspecified atom stereocenters. The zero-order valence-corrected chi connectivity index (χ0v) is 13.6. The molecular weight excluding hydrogens is 248 g/mol. The molecule has 2 rings (SSSR count). The fourth-order valence-corrected chi connectivity index (χ4v) is 3.62. The van der Waals surface area contributed by atoms with Crippen LogP contribution in [0.2, 0.25) is 0 Å². The second-order valence-corrected chi connectivity index (χ2v) is 6.81. The summed E-state index contributed by atoms with van der Waals surface area (Å²) in [6.45, 7) is 11.8. The van der Waals surface area contributed by atoms with Crippen molar-refractivity contribution in [3.8, 4) is 0 Å². The normalized spacial score (nSPS) is 30.3. The molecule has 3 nitrogen and oxygen atoms in total. The summed E-state index contributed by atoms with van der Waals surface area (Å²) < 4.78 is 5.93. The highest BCUT2D eigenvalue weighted by Gasteiger charge is 2.23. The maximum absolute atomic E-state index is 5.93. The monoisotopic (exact) mass is 282 g/mol. The van der Waals surface area contributed by atoms with Gasteiger partial charge in [-0.05, 0) is 76.5 Å². The topological polar surface area (TPSA) is 24.5 Å². The third-order valence-electron chi connectivity index (χ3n) is 5.06. The molecule has 2 fully saturated rings. The number of nitrogens with one attached hydrogen (secondary N) is 1. The summed E-state index contributed by atoms with van der Waals surface area (Å²) in [6.07, 6.45) is 8.36. The van der Waals surface area contributed by atoms with E-state index in [1.165, 1.54) is 58.3 Å². The van der Waals surface area contributed by atoms with Crippen LogP contribution >= 0.6 is 0 Å². The quantitative estimate of drug-likeness (QED) is 0.777. The van der Waals surface area contributed by atoms with Gasteiger partial charge in [0, 0.05) is 13.2 Å². The lowest BCUT2D eigenvalue weighted by Crippen LogP contribution is -2.41. The molecular formula is C17H34N2O. The Morgan fingerprint density at radius 2 is 2.20 bits per heavy atom. The number of nitrogens with zero attached hydrogens (tertiary/aromatic N) is 1. The number of hydrogen-bond acceptors (Lipinski definition) is 3. The molecule has 2 saturated heterocycles. The van der Waals surface area contributed by atoms with Crippen molar-refractivity contribution in [3.63, 3.8) is 0 Å². The SMILES string of the molecule is CCCOC1CCCN(CCC(C)C2CCCNC2)C1. The maximum Gasteiger partial charge on any atom is 0.0702 e. The van der Waals surface area contributed by atoms with Crippen LogP contribution < -0.4 is 5.32 Å². The van der Waals surface area contributed by atoms with Gasteiger partial charge < -0.3 is 15.0 Å². The van der Waals surface area contributed by atoms with Gasteiger partial charge in [0.15, 0.2) is 0 Å². The molecule has 0 aliphatic carbocycles. The molecule has 2 aliphatic heterocycles. The van der Waals surface area contributed by atoms with Crippen LogP contribution in [0.4, 0.5) is 0 Å². The Morgan fingerprint density at radius 1 is 1.30 bits per heavy atom. The summed E-state index contributed by atoms with van der Waals surface area (Å²) in [4.78, 5) is 2.64. The first kappa shape index (κ1) is 16.3. The molecule has 0 aromatic heterocycles. The Labute approximate surface area is 125 Å². The smallest absolute Gasteiger partial charge is 0.0702 e. The van der Waals surface area contributed by atoms with Crippen molar-refractivity contribution in [2.45, 2.75) is 58.5 Å². The van der Waals surface area contributed by atoms with Crippen molar-refractivity contribution in [1.29, 1.82) is 0 Å². The van der Waals surface area contributed by atoms with Crippen molar-refractivity contribution < 1.29 is 4.74 Å². The van der Waals surface area contributed by atoms with Crippen LogP contribution in [0.3, 0.4) is 0 Å². The number of piperidine rings is 2. The zero-order chi connectivity index (χ0) is 14.2. The average Bonchev–Trinajstić information content (AvgIpc) is 2.52. The minimum Gasteiger partial charge on any atom is -0.377 e. The predicted octanol–water partition coefficient (Wildman–Crippen LogP) is 2.90. The van der Waals surface area contributed by atoms with Gasteiger partial charge in [-0.2, -0.15) is 0 Å². The van der Waals surface area contributed by atoms with Crippen LogP contribution in [0.1, 0.15) is 52.4 Å². The standard InChI is InChI=1S/C17H34N2O/c1-3-12-20-17-7-5-10-19(14-17)11-8-15(2)16-6-4-9-18-13-16/h15-18H,3-14H2,1-2H3. The molecule has 3 heteroatoms. The number of ether oxygens (including phenoxy) is 1. The average molecular weight is 282 g/mol. The predicted molar refractivity (Wildman–Crippen MR) is 85.1 cm³/mol. The molecule has 0 radical (unpaired) electrons. The van der Waals surface area contributed by atoms with E-state index < -0.39 is 0 Å². The summed E-state index contributed by atoms with van der Waals surface area (Å²) in [5.41, 5.74) is 0. The van der Waals surface area contributed by atoms with Crippen molar-refractivity contribution in [3.05, 3.63) is 0 Å². The minimum atomic E-state index is 0.496. The molecule has 0 aromatic rings. The third kappa shape index (κ3) is 5.34. The first-order valence-electron chi connectivity index (χ1n) is 8.84. The molecule has 20 heavy (non-hydrogen) atoms. The van der Waals surface area contributed by atoms with Crippen molar-refractivity contribution in [2.24, 2.45) is 11.8 Å². The summed E-state index contributed by atoms with van der Waals surface area (Å²) in [7, 11) is 0. The maximum atomic E-state index is 5.93. The van der Waals surface area contributed by atoms with Gasteiger partial charge in [0.25, 0.3) is 0 Å². The molecule has 2 aliphatic rings. The fourth-order valence-electron chi connectivity index (χ4n) is 3.62. The Hall–Kier alpha value is -0.120. The molecule has 3 atom stereocenters. The van der Waals surface area contributed by atoms with Gasteiger partial charge in [-0.15, -0.1) is 0 Å². The van der Waals surface area contributed by atoms with Gasteiger partial charge in [-0.1, -0.05) is 13.8 Å². The summed E-state index contributed by atoms with van der Waals surface area (Å²) in [5.74, 6) is 1.76. The molecule has 118 valence electrons. The lowest BCUT2D eigenvalue weighted by Gasteiger charge is -2.34. The minimum absolute atomic E-state index is 0.496. The largest absolute Gasteiger partial charge is 0.377 e. The van der Waals surface area contributed by atoms with E-state index in [-0.39, 0.29) is 0 Å². The van der Waals surface area contributed by atoms with Crippen LogP contribution in [0.5, 0.6) is 0 Å². The highest BCUT2D eigenvalue weighted by Crippen LogP contribution is 2.23. The lowest BCUT2D eigenvalue weighted by atomic mass is 9.85. The molecule has 0 aromatic carbocycles. The van der Waals surface area contributed by atoms with Crippen LogP contribution in [-0.4, -0.2) is 50.3 Å². The van der Waals surface area contributed by atoms with E-state index in [4.69, 9.17) is 4.74 Å². The number of hydrogen-bond donors (Lipinski definition) is 1. The van der Waals surface area contributed by atoms with Crippen LogP contribution in [-0.2, 0) is 4.74 Å². The summed E-state index contributed by atoms with van der Waals surface area (Å²) in [5, 5.41) is 3.55. The second kappa shape index (κ2) is 9.01. The molecule has 0 saturated carbocycles. The second-order valence-electron chi connectivity index (χ2n) is 6.81. The molecule has 0 amide bonds. The molecule has 0 bridgehead atoms. The number of rotatable bonds is 7. The Morgan fingerprint density at radius 3 is 2.95 bits per heavy atom. The van der Waals surface area contributed by atoms with Crippen molar-refractivity contribution in [1.82, 2.24) is 10.2 Å². The lowest BCUT2D eigenvalue weighted by molar-refractivity contribution is -0.00178. The van der Waals surface area contributed by atoms with Crippen LogP contribution in [0.25, 0.3) is 0 Å². The number of likely N-dealkylation sites (tertiary alicyclic amines) is 1. The van der Waals surface area contributed by atoms with E-state index in [2.05, 4.69) is 24.1 Å². The Kier molecular flexibility index (Phi) is 7.32. The molecule has 2 heterocycles. The highest BCUT2D eigenvalue weighted by molar-refractivity contribution is 4.77. The van der Waals surface area contributed by atoms with E-state index in [9.17, 15) is 0 Å². The van der Waals surface area contributed by atoms with Gasteiger partial charge in [0.1, 0.15) is 0 Å². The van der Waals surface area contributed by atoms with Crippen LogP contribution in [0.15, 0.2) is 0 Å². The van der Waals surface area contributed by atoms with Crippen molar-refractivity contribution in [2.75, 3.05) is 39.3 Å². The van der Waals surface area contributed by atoms with Gasteiger partial charge in [0.2, 0.25) is 0 Å². The van der Waals surface area contributed by atoms with Gasteiger partial charge in [-0.3, -0.25) is 0 Å². The van der Waals surface area contributed by atoms with E-state index in [0.717, 1.165) is 31.4 Å². The van der Waals surface area contributed by atoms with Gasteiger partial charge >= 0.3 is 0 Å². The van der Waals surface area contributed by atoms with E-state index >= 15 is 0 Å². The zero-order valence-electron chi connectivity index (χ0n) is 13.6. The van der Waals surface area contributed by atoms with Crippen molar-refractivity contribution >= 4 is 0 Å². The highest BCUT2D eigenvalue weighted by atomic mass is 16.5. The van der Waals surface area contributed by atoms with E-state index in [1.54, 1.807) is 0 Å². The first-order valence-corrected chi connectivity index (χ1v) is 8.84. The Bertz CT molecular complexity index is 253. The van der Waals surface area contributed by atoms with Crippen LogP contribution in [0, 0.1) is 11.8 Å². The van der Waals surface area contributed by atoms with E-state index in [1.807, 2.05) is 0 Å². The summed E-state index contributed by atoms with van der Waals surface area (Å²) >= 11 is 0. The molecule has 0 spiro atoms. The first-order chi connectivity index (χ1) is 9.79. The van der Waals surface area contributed by atoms with E-state index in [0.29, 0.717) is 6.10 Å².